The van der Waals surface area contributed by atoms with E-state index < -0.39 is 67.1 Å². The fourth-order valence-corrected chi connectivity index (χ4v) is 5.55. The summed E-state index contributed by atoms with van der Waals surface area (Å²) in [6.45, 7) is 0. The van der Waals surface area contributed by atoms with E-state index in [1.54, 1.807) is 0 Å². The predicted molar refractivity (Wildman–Crippen MR) is 101 cm³/mol. The standard InChI is InChI=1S/C12H8Br2F10N2O2S2/c13-6-4-9(30(20,21,22,23)24)10(14)11(12(6)27)26(28)8-2-1-5(3-7(8)25)29(15,16,17,18)19/h1-4,27-28H,25H2. The van der Waals surface area contributed by atoms with Crippen LogP contribution in [0.5, 0.6) is 5.75 Å². The van der Waals surface area contributed by atoms with Crippen molar-refractivity contribution in [1.82, 2.24) is 0 Å². The van der Waals surface area contributed by atoms with E-state index in [2.05, 4.69) is 31.9 Å². The molecule has 0 saturated carbocycles. The van der Waals surface area contributed by atoms with E-state index in [1.807, 2.05) is 0 Å². The number of hydrogen-bond acceptors (Lipinski definition) is 4. The second-order valence-electron chi connectivity index (χ2n) is 5.84. The molecule has 30 heavy (non-hydrogen) atoms. The highest BCUT2D eigenvalue weighted by Crippen LogP contribution is 3.03. The van der Waals surface area contributed by atoms with Crippen LogP contribution in [0.2, 0.25) is 0 Å². The first-order valence-corrected chi connectivity index (χ1v) is 12.3. The quantitative estimate of drug-likeness (QED) is 0.180. The Morgan fingerprint density at radius 1 is 0.833 bits per heavy atom. The van der Waals surface area contributed by atoms with E-state index in [4.69, 9.17) is 5.73 Å². The van der Waals surface area contributed by atoms with Gasteiger partial charge in [0.2, 0.25) is 0 Å². The summed E-state index contributed by atoms with van der Waals surface area (Å²) in [6.07, 6.45) is 0. The third-order valence-corrected chi connectivity index (χ3v) is 7.40. The van der Waals surface area contributed by atoms with Crippen LogP contribution in [0.15, 0.2) is 43.0 Å². The van der Waals surface area contributed by atoms with Crippen molar-refractivity contribution in [3.05, 3.63) is 33.2 Å². The minimum atomic E-state index is -10.4. The summed E-state index contributed by atoms with van der Waals surface area (Å²) in [5, 5.41) is 19.6. The number of nitrogens with zero attached hydrogens (tertiary/aromatic N) is 1. The van der Waals surface area contributed by atoms with Gasteiger partial charge in [-0.15, -0.1) is 0 Å². The molecule has 0 fully saturated rings. The zero-order valence-corrected chi connectivity index (χ0v) is 18.4. The van der Waals surface area contributed by atoms with E-state index in [0.717, 1.165) is 0 Å². The van der Waals surface area contributed by atoms with Crippen molar-refractivity contribution in [1.29, 1.82) is 0 Å². The zero-order valence-electron chi connectivity index (χ0n) is 13.6. The van der Waals surface area contributed by atoms with E-state index >= 15 is 0 Å². The van der Waals surface area contributed by atoms with Crippen molar-refractivity contribution >= 4 is 69.4 Å². The summed E-state index contributed by atoms with van der Waals surface area (Å²) in [5.74, 6) is -1.26. The van der Waals surface area contributed by atoms with Gasteiger partial charge in [0.25, 0.3) is 0 Å². The van der Waals surface area contributed by atoms with Gasteiger partial charge in [-0.3, -0.25) is 5.21 Å². The summed E-state index contributed by atoms with van der Waals surface area (Å²) in [6, 6.07) is -0.590. The van der Waals surface area contributed by atoms with E-state index in [1.165, 1.54) is 0 Å². The normalized spacial score (nSPS) is 17.5. The molecule has 0 atom stereocenters. The topological polar surface area (TPSA) is 69.7 Å². The summed E-state index contributed by atoms with van der Waals surface area (Å²) in [7, 11) is -20.6. The largest absolute Gasteiger partial charge is 0.505 e. The smallest absolute Gasteiger partial charge is 0.311 e. The van der Waals surface area contributed by atoms with Crippen LogP contribution in [0.4, 0.5) is 55.9 Å². The summed E-state index contributed by atoms with van der Waals surface area (Å²) >= 11 is 4.56. The first-order valence-electron chi connectivity index (χ1n) is 6.80. The molecule has 0 aromatic heterocycles. The van der Waals surface area contributed by atoms with Gasteiger partial charge in [-0.1, -0.05) is 38.9 Å². The second-order valence-corrected chi connectivity index (χ2v) is 12.3. The Morgan fingerprint density at radius 2 is 1.33 bits per heavy atom. The van der Waals surface area contributed by atoms with Crippen LogP contribution in [0.1, 0.15) is 0 Å². The van der Waals surface area contributed by atoms with Crippen molar-refractivity contribution in [2.75, 3.05) is 10.8 Å². The van der Waals surface area contributed by atoms with Crippen molar-refractivity contribution in [2.24, 2.45) is 0 Å². The van der Waals surface area contributed by atoms with E-state index in [-0.39, 0.29) is 24.3 Å². The first kappa shape index (κ1) is 25.0. The van der Waals surface area contributed by atoms with Gasteiger partial charge in [-0.25, -0.2) is 5.06 Å². The fourth-order valence-electron chi connectivity index (χ4n) is 2.14. The van der Waals surface area contributed by atoms with Crippen LogP contribution in [0.3, 0.4) is 0 Å². The minimum Gasteiger partial charge on any atom is -0.505 e. The van der Waals surface area contributed by atoms with E-state index in [0.29, 0.717) is 0 Å². The maximum Gasteiger partial charge on any atom is 0.311 e. The molecule has 0 radical (unpaired) electrons. The van der Waals surface area contributed by atoms with Crippen molar-refractivity contribution in [3.8, 4) is 5.75 Å². The highest BCUT2D eigenvalue weighted by Gasteiger charge is 2.67. The third-order valence-electron chi connectivity index (χ3n) is 3.43. The lowest BCUT2D eigenvalue weighted by atomic mass is 10.2. The Hall–Kier alpha value is -1.24. The lowest BCUT2D eigenvalue weighted by Gasteiger charge is -2.42. The molecule has 0 aliphatic heterocycles. The monoisotopic (exact) mass is 624 g/mol. The maximum atomic E-state index is 13.3. The Labute approximate surface area is 177 Å². The highest BCUT2D eigenvalue weighted by molar-refractivity contribution is 9.11. The second kappa shape index (κ2) is 5.57. The number of phenolic OH excluding ortho intramolecular Hbond substituents is 1. The van der Waals surface area contributed by atoms with Gasteiger partial charge in [0.05, 0.1) is 20.3 Å². The van der Waals surface area contributed by atoms with Gasteiger partial charge in [-0.05, 0) is 56.1 Å². The van der Waals surface area contributed by atoms with Gasteiger partial charge < -0.3 is 10.8 Å². The van der Waals surface area contributed by atoms with Crippen LogP contribution in [0.25, 0.3) is 0 Å². The summed E-state index contributed by atoms with van der Waals surface area (Å²) in [5.41, 5.74) is 1.55. The SMILES string of the molecule is Nc1cc(S(F)(F)(F)(F)F)ccc1N(O)c1c(O)c(Br)cc(S(F)(F)(F)(F)F)c1Br. The average Bonchev–Trinajstić information content (AvgIpc) is 2.46. The number of benzene rings is 2. The lowest BCUT2D eigenvalue weighted by molar-refractivity contribution is 0.295. The van der Waals surface area contributed by atoms with Gasteiger partial charge in [0, 0.05) is 0 Å². The molecular formula is C12H8Br2F10N2O2S2. The molecule has 2 rings (SSSR count). The van der Waals surface area contributed by atoms with Gasteiger partial charge in [0.15, 0.2) is 5.75 Å². The van der Waals surface area contributed by atoms with Gasteiger partial charge in [-0.2, -0.15) is 0 Å². The number of nitrogens with two attached hydrogens (primary N) is 1. The molecule has 4 nitrogen and oxygen atoms in total. The Bertz CT molecular complexity index is 1080. The minimum absolute atomic E-state index is 0.148. The molecule has 0 spiro atoms. The lowest BCUT2D eigenvalue weighted by Crippen LogP contribution is -2.17. The molecule has 174 valence electrons. The molecule has 0 amide bonds. The van der Waals surface area contributed by atoms with Crippen LogP contribution in [0, 0.1) is 0 Å². The van der Waals surface area contributed by atoms with Crippen LogP contribution in [-0.4, -0.2) is 10.3 Å². The van der Waals surface area contributed by atoms with Gasteiger partial charge in [0.1, 0.15) is 15.5 Å². The molecule has 18 heteroatoms. The molecule has 0 unspecified atom stereocenters. The first-order chi connectivity index (χ1) is 12.7. The molecule has 2 aromatic carbocycles. The zero-order chi connectivity index (χ0) is 23.8. The number of phenols is 1. The summed E-state index contributed by atoms with van der Waals surface area (Å²) < 4.78 is 128. The number of rotatable bonds is 4. The Morgan fingerprint density at radius 3 is 1.73 bits per heavy atom. The van der Waals surface area contributed by atoms with Crippen LogP contribution >= 0.6 is 52.3 Å². The number of hydrogen-bond donors (Lipinski definition) is 3. The van der Waals surface area contributed by atoms with Gasteiger partial charge >= 0.3 is 20.4 Å². The van der Waals surface area contributed by atoms with Crippen LogP contribution < -0.4 is 10.8 Å². The maximum absolute atomic E-state index is 13.3. The average molecular weight is 626 g/mol. The van der Waals surface area contributed by atoms with Crippen molar-refractivity contribution in [3.63, 3.8) is 0 Å². The molecule has 0 bridgehead atoms. The Balaban J connectivity index is 2.78. The predicted octanol–water partition coefficient (Wildman–Crippen LogP) is 9.34. The highest BCUT2D eigenvalue weighted by atomic mass is 79.9. The number of halogens is 12. The molecule has 0 saturated heterocycles. The summed E-state index contributed by atoms with van der Waals surface area (Å²) in [4.78, 5) is -5.08. The van der Waals surface area contributed by atoms with Crippen molar-refractivity contribution in [2.45, 2.75) is 9.79 Å². The third kappa shape index (κ3) is 4.97. The molecule has 0 aliphatic rings. The molecule has 0 heterocycles. The molecule has 0 aliphatic carbocycles. The molecule has 2 aromatic rings. The Kier molecular flexibility index (Phi) is 4.64. The molecule has 4 N–H and O–H groups in total. The number of aromatic hydroxyl groups is 1. The number of nitrogen functional groups attached to an aromatic ring is 1. The van der Waals surface area contributed by atoms with Crippen molar-refractivity contribution < 1.29 is 49.2 Å². The van der Waals surface area contributed by atoms with E-state index in [9.17, 15) is 49.2 Å². The number of anilines is 3. The van der Waals surface area contributed by atoms with Crippen LogP contribution in [-0.2, 0) is 0 Å². The fraction of sp³-hybridized carbons (Fsp3) is 0. The molecular weight excluding hydrogens is 618 g/mol.